The molecule has 2 aliphatic heterocycles. The zero-order chi connectivity index (χ0) is 21.5. The number of rotatable bonds is 5. The van der Waals surface area contributed by atoms with Crippen molar-refractivity contribution in [3.63, 3.8) is 0 Å². The van der Waals surface area contributed by atoms with Gasteiger partial charge in [-0.15, -0.1) is 5.10 Å². The van der Waals surface area contributed by atoms with Gasteiger partial charge in [0, 0.05) is 32.7 Å². The van der Waals surface area contributed by atoms with E-state index in [0.29, 0.717) is 31.9 Å². The Morgan fingerprint density at radius 3 is 2.94 bits per heavy atom. The van der Waals surface area contributed by atoms with Gasteiger partial charge >= 0.3 is 0 Å². The van der Waals surface area contributed by atoms with Crippen LogP contribution in [0.4, 0.5) is 4.39 Å². The summed E-state index contributed by atoms with van der Waals surface area (Å²) in [6, 6.07) is 6.75. The molecule has 162 valence electrons. The molecule has 2 amide bonds. The van der Waals surface area contributed by atoms with Crippen LogP contribution >= 0.6 is 0 Å². The monoisotopic (exact) mass is 425 g/mol. The quantitative estimate of drug-likeness (QED) is 0.751. The Bertz CT molecular complexity index is 1050. The number of nitrogens with zero attached hydrogens (tertiary/aromatic N) is 5. The van der Waals surface area contributed by atoms with Crippen molar-refractivity contribution in [3.05, 3.63) is 59.2 Å². The Morgan fingerprint density at radius 2 is 2.16 bits per heavy atom. The molecule has 1 aromatic heterocycles. The van der Waals surface area contributed by atoms with Crippen LogP contribution in [0.3, 0.4) is 0 Å². The summed E-state index contributed by atoms with van der Waals surface area (Å²) in [6.07, 6.45) is 4.46. The summed E-state index contributed by atoms with van der Waals surface area (Å²) in [4.78, 5) is 31.3. The van der Waals surface area contributed by atoms with Gasteiger partial charge in [0.25, 0.3) is 5.91 Å². The predicted octanol–water partition coefficient (Wildman–Crippen LogP) is 1.36. The van der Waals surface area contributed by atoms with Gasteiger partial charge in [-0.1, -0.05) is 12.1 Å². The first-order valence-corrected chi connectivity index (χ1v) is 10.5. The highest BCUT2D eigenvalue weighted by Gasteiger charge is 2.38. The van der Waals surface area contributed by atoms with Crippen molar-refractivity contribution in [2.45, 2.75) is 37.8 Å². The molecule has 2 N–H and O–H groups in total. The summed E-state index contributed by atoms with van der Waals surface area (Å²) in [7, 11) is 1.74. The fraction of sp³-hybridized carbons (Fsp3) is 0.429. The molecule has 0 unspecified atom stereocenters. The maximum Gasteiger partial charge on any atom is 0.291 e. The van der Waals surface area contributed by atoms with Crippen LogP contribution < -0.4 is 5.32 Å². The van der Waals surface area contributed by atoms with Crippen LogP contribution in [0.15, 0.2) is 36.2 Å². The zero-order valence-electron chi connectivity index (χ0n) is 17.2. The SMILES string of the molecule is CN1C(=O)[C@H](c2nc(C(=O)NC3CC3)n[nH]2)CCN2C1=CCN2Cc1cccc(F)c1. The minimum absolute atomic E-state index is 0.0639. The molecule has 0 radical (unpaired) electrons. The molecule has 1 saturated carbocycles. The molecule has 3 aliphatic rings. The number of amides is 2. The number of hydrogen-bond acceptors (Lipinski definition) is 6. The van der Waals surface area contributed by atoms with E-state index >= 15 is 0 Å². The molecule has 2 aromatic rings. The molecule has 1 saturated heterocycles. The van der Waals surface area contributed by atoms with Crippen molar-refractivity contribution in [2.75, 3.05) is 20.1 Å². The number of hydrogen-bond donors (Lipinski definition) is 2. The maximum absolute atomic E-state index is 13.6. The fourth-order valence-corrected chi connectivity index (χ4v) is 4.08. The second kappa shape index (κ2) is 7.77. The fourth-order valence-electron chi connectivity index (χ4n) is 4.08. The van der Waals surface area contributed by atoms with Gasteiger partial charge in [0.15, 0.2) is 0 Å². The van der Waals surface area contributed by atoms with E-state index in [9.17, 15) is 14.0 Å². The highest BCUT2D eigenvalue weighted by atomic mass is 19.1. The third-order valence-corrected chi connectivity index (χ3v) is 5.89. The number of nitrogens with one attached hydrogen (secondary N) is 2. The Hall–Kier alpha value is -3.27. The maximum atomic E-state index is 13.6. The smallest absolute Gasteiger partial charge is 0.291 e. The molecule has 0 bridgehead atoms. The van der Waals surface area contributed by atoms with Crippen LogP contribution in [-0.4, -0.2) is 68.1 Å². The predicted molar refractivity (Wildman–Crippen MR) is 109 cm³/mol. The van der Waals surface area contributed by atoms with Gasteiger partial charge < -0.3 is 10.2 Å². The van der Waals surface area contributed by atoms with Gasteiger partial charge in [0.1, 0.15) is 17.5 Å². The molecular formula is C21H24FN7O2. The molecule has 5 rings (SSSR count). The molecule has 1 aliphatic carbocycles. The zero-order valence-corrected chi connectivity index (χ0v) is 17.2. The van der Waals surface area contributed by atoms with Crippen molar-refractivity contribution >= 4 is 11.8 Å². The molecule has 1 aromatic carbocycles. The van der Waals surface area contributed by atoms with Crippen molar-refractivity contribution in [1.82, 2.24) is 35.4 Å². The van der Waals surface area contributed by atoms with E-state index in [1.54, 1.807) is 18.0 Å². The highest BCUT2D eigenvalue weighted by molar-refractivity contribution is 5.91. The summed E-state index contributed by atoms with van der Waals surface area (Å²) < 4.78 is 13.6. The lowest BCUT2D eigenvalue weighted by Crippen LogP contribution is -2.40. The number of carbonyl (C=O) groups is 2. The van der Waals surface area contributed by atoms with Crippen LogP contribution in [0.2, 0.25) is 0 Å². The first-order valence-electron chi connectivity index (χ1n) is 10.5. The lowest BCUT2D eigenvalue weighted by atomic mass is 10.0. The van der Waals surface area contributed by atoms with Gasteiger partial charge in [-0.3, -0.25) is 19.7 Å². The van der Waals surface area contributed by atoms with E-state index in [0.717, 1.165) is 24.2 Å². The molecule has 31 heavy (non-hydrogen) atoms. The number of carbonyl (C=O) groups excluding carboxylic acids is 2. The minimum Gasteiger partial charge on any atom is -0.347 e. The second-order valence-electron chi connectivity index (χ2n) is 8.19. The summed E-state index contributed by atoms with van der Waals surface area (Å²) in [5, 5.41) is 13.8. The van der Waals surface area contributed by atoms with Crippen LogP contribution in [0.25, 0.3) is 0 Å². The van der Waals surface area contributed by atoms with Crippen molar-refractivity contribution in [2.24, 2.45) is 0 Å². The largest absolute Gasteiger partial charge is 0.347 e. The van der Waals surface area contributed by atoms with Crippen LogP contribution in [-0.2, 0) is 11.3 Å². The van der Waals surface area contributed by atoms with Gasteiger partial charge in [-0.05, 0) is 43.0 Å². The van der Waals surface area contributed by atoms with E-state index in [4.69, 9.17) is 0 Å². The number of likely N-dealkylation sites (N-methyl/N-ethyl adjacent to an activating group) is 1. The minimum atomic E-state index is -0.525. The summed E-state index contributed by atoms with van der Waals surface area (Å²) >= 11 is 0. The number of hydrazine groups is 1. The second-order valence-corrected chi connectivity index (χ2v) is 8.19. The standard InChI is InChI=1S/C21H24FN7O2/c1-27-17-8-9-28(12-13-3-2-4-14(22)11-13)29(17)10-7-16(21(27)31)18-24-19(26-25-18)20(30)23-15-5-6-15/h2-4,8,11,15-16H,5-7,9-10,12H2,1H3,(H,23,30)(H,24,25,26)/t16-/m0/s1. The summed E-state index contributed by atoms with van der Waals surface area (Å²) in [6.45, 7) is 1.77. The Balaban J connectivity index is 1.31. The van der Waals surface area contributed by atoms with Gasteiger partial charge in [0.05, 0.1) is 5.92 Å². The molecule has 10 heteroatoms. The van der Waals surface area contributed by atoms with E-state index in [1.165, 1.54) is 12.1 Å². The molecule has 1 atom stereocenters. The average Bonchev–Trinajstić information content (AvgIpc) is 3.30. The summed E-state index contributed by atoms with van der Waals surface area (Å²) in [5.41, 5.74) is 0.867. The normalized spacial score (nSPS) is 21.7. The van der Waals surface area contributed by atoms with E-state index in [-0.39, 0.29) is 29.5 Å². The first-order chi connectivity index (χ1) is 15.0. The number of aromatic nitrogens is 3. The van der Waals surface area contributed by atoms with Gasteiger partial charge in [-0.25, -0.2) is 14.4 Å². The van der Waals surface area contributed by atoms with Crippen molar-refractivity contribution < 1.29 is 14.0 Å². The van der Waals surface area contributed by atoms with E-state index in [1.807, 2.05) is 12.1 Å². The molecular weight excluding hydrogens is 401 g/mol. The topological polar surface area (TPSA) is 97.5 Å². The van der Waals surface area contributed by atoms with E-state index < -0.39 is 5.92 Å². The number of fused-ring (bicyclic) bond motifs is 1. The van der Waals surface area contributed by atoms with Crippen LogP contribution in [0.5, 0.6) is 0 Å². The Labute approximate surface area is 178 Å². The first kappa shape index (κ1) is 19.7. The van der Waals surface area contributed by atoms with Gasteiger partial charge in [-0.2, -0.15) is 0 Å². The van der Waals surface area contributed by atoms with Crippen LogP contribution in [0, 0.1) is 5.82 Å². The Morgan fingerprint density at radius 1 is 1.32 bits per heavy atom. The molecule has 3 heterocycles. The third-order valence-electron chi connectivity index (χ3n) is 5.89. The number of benzene rings is 1. The number of halogens is 1. The Kier molecular flexibility index (Phi) is 4.93. The van der Waals surface area contributed by atoms with Crippen LogP contribution in [0.1, 0.15) is 47.2 Å². The average molecular weight is 425 g/mol. The molecule has 2 fully saturated rings. The lowest BCUT2D eigenvalue weighted by Gasteiger charge is -2.33. The highest BCUT2D eigenvalue weighted by Crippen LogP contribution is 2.31. The number of H-pyrrole nitrogens is 1. The number of aromatic amines is 1. The molecule has 0 spiro atoms. The van der Waals surface area contributed by atoms with Crippen molar-refractivity contribution in [1.29, 1.82) is 0 Å². The summed E-state index contributed by atoms with van der Waals surface area (Å²) in [5.74, 6) is 0.0542. The molecule has 9 nitrogen and oxygen atoms in total. The van der Waals surface area contributed by atoms with Gasteiger partial charge in [0.2, 0.25) is 11.7 Å². The van der Waals surface area contributed by atoms with E-state index in [2.05, 4.69) is 30.5 Å². The third kappa shape index (κ3) is 3.90. The van der Waals surface area contributed by atoms with Crippen molar-refractivity contribution in [3.8, 4) is 0 Å². The lowest BCUT2D eigenvalue weighted by molar-refractivity contribution is -0.130.